The van der Waals surface area contributed by atoms with E-state index in [9.17, 15) is 0 Å². The fraction of sp³-hybridized carbons (Fsp3) is 0.517. The van der Waals surface area contributed by atoms with E-state index in [1.54, 1.807) is 0 Å². The summed E-state index contributed by atoms with van der Waals surface area (Å²) in [5, 5.41) is 4.86. The number of hydrogen-bond acceptors (Lipinski definition) is 7. The Labute approximate surface area is 220 Å². The lowest BCUT2D eigenvalue weighted by molar-refractivity contribution is 0.122. The van der Waals surface area contributed by atoms with E-state index in [-0.39, 0.29) is 0 Å². The second-order valence-corrected chi connectivity index (χ2v) is 9.75. The zero-order chi connectivity index (χ0) is 25.8. The molecule has 3 aliphatic heterocycles. The molecule has 5 heterocycles. The molecule has 3 aliphatic rings. The van der Waals surface area contributed by atoms with Crippen LogP contribution in [-0.2, 0) is 4.74 Å². The van der Waals surface area contributed by atoms with E-state index in [0.717, 1.165) is 92.8 Å². The topological polar surface area (TPSA) is 72.5 Å². The number of allylic oxidation sites excluding steroid dienone is 1. The van der Waals surface area contributed by atoms with Crippen molar-refractivity contribution in [3.63, 3.8) is 0 Å². The van der Waals surface area contributed by atoms with Gasteiger partial charge in [0.1, 0.15) is 11.4 Å². The van der Waals surface area contributed by atoms with Gasteiger partial charge in [-0.2, -0.15) is 4.98 Å². The number of piperidine rings is 1. The highest BCUT2D eigenvalue weighted by atomic mass is 16.5. The first-order valence-corrected chi connectivity index (χ1v) is 14.0. The van der Waals surface area contributed by atoms with Crippen LogP contribution in [0.15, 0.2) is 42.7 Å². The molecule has 6 rings (SSSR count). The minimum atomic E-state index is 0.456. The number of H-pyrrole nitrogens is 1. The van der Waals surface area contributed by atoms with Crippen LogP contribution in [-0.4, -0.2) is 72.0 Å². The van der Waals surface area contributed by atoms with E-state index in [2.05, 4.69) is 62.8 Å². The van der Waals surface area contributed by atoms with Crippen molar-refractivity contribution < 1.29 is 4.74 Å². The molecule has 2 fully saturated rings. The summed E-state index contributed by atoms with van der Waals surface area (Å²) in [5.41, 5.74) is 5.57. The Morgan fingerprint density at radius 2 is 1.86 bits per heavy atom. The van der Waals surface area contributed by atoms with E-state index < -0.39 is 0 Å². The first kappa shape index (κ1) is 25.4. The number of nitrogens with zero attached hydrogens (tertiary/aromatic N) is 5. The highest BCUT2D eigenvalue weighted by molar-refractivity contribution is 5.99. The van der Waals surface area contributed by atoms with Gasteiger partial charge in [0, 0.05) is 60.6 Å². The highest BCUT2D eigenvalue weighted by Gasteiger charge is 2.34. The van der Waals surface area contributed by atoms with Crippen LogP contribution in [0.25, 0.3) is 22.2 Å². The number of fused-ring (bicyclic) bond motifs is 2. The number of benzene rings is 1. The van der Waals surface area contributed by atoms with Crippen molar-refractivity contribution in [2.45, 2.75) is 52.5 Å². The van der Waals surface area contributed by atoms with Gasteiger partial charge in [-0.3, -0.25) is 0 Å². The molecule has 3 aromatic rings. The quantitative estimate of drug-likeness (QED) is 0.463. The van der Waals surface area contributed by atoms with Gasteiger partial charge in [0.15, 0.2) is 5.82 Å². The third kappa shape index (κ3) is 4.99. The minimum Gasteiger partial charge on any atom is -0.378 e. The van der Waals surface area contributed by atoms with E-state index >= 15 is 0 Å². The minimum absolute atomic E-state index is 0.456. The molecule has 0 saturated carbocycles. The van der Waals surface area contributed by atoms with Gasteiger partial charge in [-0.05, 0) is 31.4 Å². The van der Waals surface area contributed by atoms with Crippen molar-refractivity contribution in [3.05, 3.63) is 42.7 Å². The fourth-order valence-corrected chi connectivity index (χ4v) is 5.68. The van der Waals surface area contributed by atoms with Gasteiger partial charge in [-0.1, -0.05) is 45.9 Å². The van der Waals surface area contributed by atoms with Crippen molar-refractivity contribution in [3.8, 4) is 11.3 Å². The number of likely N-dealkylation sites (tertiary alicyclic amines) is 1. The molecule has 0 bridgehead atoms. The second kappa shape index (κ2) is 11.4. The smallest absolute Gasteiger partial charge is 0.228 e. The van der Waals surface area contributed by atoms with Crippen molar-refractivity contribution >= 4 is 28.4 Å². The van der Waals surface area contributed by atoms with Gasteiger partial charge in [-0.25, -0.2) is 4.98 Å². The van der Waals surface area contributed by atoms with Crippen LogP contribution in [0.1, 0.15) is 46.5 Å². The molecule has 2 saturated heterocycles. The Morgan fingerprint density at radius 3 is 2.62 bits per heavy atom. The van der Waals surface area contributed by atoms with Crippen LogP contribution in [0.4, 0.5) is 17.5 Å². The molecule has 0 radical (unpaired) electrons. The monoisotopic (exact) mass is 503 g/mol. The lowest BCUT2D eigenvalue weighted by Crippen LogP contribution is -2.45. The average molecular weight is 504 g/mol. The summed E-state index contributed by atoms with van der Waals surface area (Å²) >= 11 is 0. The first-order chi connectivity index (χ1) is 18.2. The number of nitrogens with one attached hydrogen (secondary N) is 2. The first-order valence-electron chi connectivity index (χ1n) is 14.0. The maximum absolute atomic E-state index is 5.60. The highest BCUT2D eigenvalue weighted by Crippen LogP contribution is 2.43. The van der Waals surface area contributed by atoms with Gasteiger partial charge >= 0.3 is 0 Å². The molecule has 8 heteroatoms. The van der Waals surface area contributed by atoms with Gasteiger partial charge in [0.25, 0.3) is 0 Å². The van der Waals surface area contributed by atoms with Crippen molar-refractivity contribution in [2.24, 2.45) is 0 Å². The maximum atomic E-state index is 5.60. The second-order valence-electron chi connectivity index (χ2n) is 9.75. The molecule has 0 spiro atoms. The van der Waals surface area contributed by atoms with E-state index in [1.807, 2.05) is 20.0 Å². The summed E-state index contributed by atoms with van der Waals surface area (Å²) in [6.45, 7) is 16.5. The number of aromatic amines is 1. The van der Waals surface area contributed by atoms with E-state index in [1.165, 1.54) is 11.1 Å². The van der Waals surface area contributed by atoms with Crippen LogP contribution >= 0.6 is 0 Å². The zero-order valence-corrected chi connectivity index (χ0v) is 22.6. The molecule has 0 atom stereocenters. The molecule has 0 unspecified atom stereocenters. The molecule has 0 aliphatic carbocycles. The number of rotatable bonds is 6. The van der Waals surface area contributed by atoms with Crippen molar-refractivity contribution in [2.75, 3.05) is 61.2 Å². The van der Waals surface area contributed by atoms with Crippen molar-refractivity contribution in [1.82, 2.24) is 19.9 Å². The van der Waals surface area contributed by atoms with Crippen LogP contribution < -0.4 is 15.1 Å². The summed E-state index contributed by atoms with van der Waals surface area (Å²) in [6, 6.07) is 8.98. The Hall–Kier alpha value is -3.26. The third-order valence-electron chi connectivity index (χ3n) is 7.61. The number of anilines is 3. The summed E-state index contributed by atoms with van der Waals surface area (Å²) in [5.74, 6) is 1.84. The summed E-state index contributed by atoms with van der Waals surface area (Å²) in [6.07, 6.45) is 6.47. The van der Waals surface area contributed by atoms with E-state index in [0.29, 0.717) is 19.3 Å². The molecule has 198 valence electrons. The normalized spacial score (nSPS) is 17.9. The number of ether oxygens (including phenoxy) is 1. The summed E-state index contributed by atoms with van der Waals surface area (Å²) < 4.78 is 5.60. The molecule has 2 N–H and O–H groups in total. The third-order valence-corrected chi connectivity index (χ3v) is 7.61. The SMILES string of the molecule is C=C(CCC)N1CCC(N2CNc3c(-c4cccc5[nH]ccc45)nc(N4CCOCC4)nc32)CC1.CC. The molecule has 2 aromatic heterocycles. The average Bonchev–Trinajstić information content (AvgIpc) is 3.62. The van der Waals surface area contributed by atoms with E-state index in [4.69, 9.17) is 14.7 Å². The predicted molar refractivity (Wildman–Crippen MR) is 153 cm³/mol. The lowest BCUT2D eigenvalue weighted by Gasteiger charge is -2.39. The molecular formula is C29H41N7O. The fourth-order valence-electron chi connectivity index (χ4n) is 5.68. The van der Waals surface area contributed by atoms with Crippen LogP contribution in [0.5, 0.6) is 0 Å². The lowest BCUT2D eigenvalue weighted by atomic mass is 10.0. The number of morpholine rings is 1. The molecule has 0 amide bonds. The maximum Gasteiger partial charge on any atom is 0.228 e. The molecule has 8 nitrogen and oxygen atoms in total. The van der Waals surface area contributed by atoms with Gasteiger partial charge in [0.2, 0.25) is 5.95 Å². The van der Waals surface area contributed by atoms with Crippen LogP contribution in [0, 0.1) is 0 Å². The molecule has 1 aromatic carbocycles. The standard InChI is InChI=1S/C27H35N7O.C2H6/c1-3-5-19(2)32-12-9-20(10-13-32)34-18-29-25-24(22-6-4-7-23-21(22)8-11-28-23)30-27(31-26(25)34)33-14-16-35-17-15-33;1-2/h4,6-8,11,20,28-29H,2-3,5,9-10,12-18H2,1H3;1-2H3. The van der Waals surface area contributed by atoms with Crippen molar-refractivity contribution in [1.29, 1.82) is 0 Å². The Kier molecular flexibility index (Phi) is 7.84. The molecular weight excluding hydrogens is 462 g/mol. The largest absolute Gasteiger partial charge is 0.378 e. The van der Waals surface area contributed by atoms with Gasteiger partial charge < -0.3 is 29.7 Å². The number of hydrogen-bond donors (Lipinski definition) is 2. The predicted octanol–water partition coefficient (Wildman–Crippen LogP) is 5.46. The molecule has 37 heavy (non-hydrogen) atoms. The summed E-state index contributed by atoms with van der Waals surface area (Å²) in [4.78, 5) is 20.8. The number of aromatic nitrogens is 3. The Bertz CT molecular complexity index is 1210. The van der Waals surface area contributed by atoms with Crippen LogP contribution in [0.3, 0.4) is 0 Å². The van der Waals surface area contributed by atoms with Gasteiger partial charge in [-0.15, -0.1) is 0 Å². The Morgan fingerprint density at radius 1 is 1.08 bits per heavy atom. The van der Waals surface area contributed by atoms with Crippen LogP contribution in [0.2, 0.25) is 0 Å². The zero-order valence-electron chi connectivity index (χ0n) is 22.6. The van der Waals surface area contributed by atoms with Gasteiger partial charge in [0.05, 0.1) is 19.9 Å². The summed E-state index contributed by atoms with van der Waals surface area (Å²) in [7, 11) is 0. The Balaban J connectivity index is 0.00000137.